The van der Waals surface area contributed by atoms with Gasteiger partial charge in [-0.2, -0.15) is 0 Å². The van der Waals surface area contributed by atoms with Crippen molar-refractivity contribution in [3.05, 3.63) is 21.4 Å². The predicted octanol–water partition coefficient (Wildman–Crippen LogP) is 2.38. The van der Waals surface area contributed by atoms with E-state index in [-0.39, 0.29) is 23.1 Å². The Morgan fingerprint density at radius 2 is 1.94 bits per heavy atom. The highest BCUT2D eigenvalue weighted by atomic mass is 32.1. The van der Waals surface area contributed by atoms with Crippen LogP contribution in [0.4, 0.5) is 4.79 Å². The molecule has 2 atom stereocenters. The van der Waals surface area contributed by atoms with E-state index in [4.69, 9.17) is 0 Å². The summed E-state index contributed by atoms with van der Waals surface area (Å²) in [6, 6.07) is 1.35. The molecule has 1 aromatic heterocycles. The van der Waals surface area contributed by atoms with Gasteiger partial charge in [-0.15, -0.1) is 11.3 Å². The third-order valence-corrected chi connectivity index (χ3v) is 8.08. The number of thiophene rings is 1. The van der Waals surface area contributed by atoms with Crippen molar-refractivity contribution in [1.82, 2.24) is 21.1 Å². The first kappa shape index (κ1) is 21.8. The van der Waals surface area contributed by atoms with Crippen LogP contribution in [0.15, 0.2) is 6.07 Å². The zero-order chi connectivity index (χ0) is 22.6. The molecule has 31 heavy (non-hydrogen) atoms. The van der Waals surface area contributed by atoms with E-state index in [9.17, 15) is 19.2 Å². The van der Waals surface area contributed by atoms with Gasteiger partial charge in [0.2, 0.25) is 0 Å². The summed E-state index contributed by atoms with van der Waals surface area (Å²) in [7, 11) is 0. The van der Waals surface area contributed by atoms with Crippen LogP contribution in [0.25, 0.3) is 0 Å². The smallest absolute Gasteiger partial charge is 0.323 e. The normalized spacial score (nSPS) is 25.8. The Morgan fingerprint density at radius 3 is 2.58 bits per heavy atom. The number of nitrogens with zero attached hydrogens (tertiary/aromatic N) is 1. The second kappa shape index (κ2) is 7.62. The van der Waals surface area contributed by atoms with Crippen LogP contribution in [0.3, 0.4) is 0 Å². The molecule has 2 aliphatic carbocycles. The van der Waals surface area contributed by atoms with E-state index in [0.29, 0.717) is 10.8 Å². The van der Waals surface area contributed by atoms with Crippen LogP contribution in [0.5, 0.6) is 0 Å². The first-order valence-electron chi connectivity index (χ1n) is 10.8. The number of fused-ring (bicyclic) bond motifs is 1. The van der Waals surface area contributed by atoms with E-state index in [0.717, 1.165) is 37.0 Å². The maximum atomic E-state index is 12.6. The molecule has 0 bridgehead atoms. The molecule has 1 saturated carbocycles. The van der Waals surface area contributed by atoms with Gasteiger partial charge in [0.05, 0.1) is 4.88 Å². The van der Waals surface area contributed by atoms with Crippen LogP contribution >= 0.6 is 11.3 Å². The Kier molecular flexibility index (Phi) is 5.36. The van der Waals surface area contributed by atoms with Gasteiger partial charge in [-0.1, -0.05) is 20.8 Å². The van der Waals surface area contributed by atoms with Crippen molar-refractivity contribution < 1.29 is 19.2 Å². The molecule has 2 fully saturated rings. The summed E-state index contributed by atoms with van der Waals surface area (Å²) in [6.07, 6.45) is 4.81. The predicted molar refractivity (Wildman–Crippen MR) is 116 cm³/mol. The van der Waals surface area contributed by atoms with Gasteiger partial charge in [-0.25, -0.2) is 4.79 Å². The molecule has 1 saturated heterocycles. The number of carbonyl (C=O) groups is 4. The quantitative estimate of drug-likeness (QED) is 0.487. The fourth-order valence-corrected chi connectivity index (χ4v) is 5.65. The van der Waals surface area contributed by atoms with Gasteiger partial charge < -0.3 is 5.32 Å². The fraction of sp³-hybridized carbons (Fsp3) is 0.636. The van der Waals surface area contributed by atoms with Crippen LogP contribution in [0.1, 0.15) is 67.1 Å². The zero-order valence-corrected chi connectivity index (χ0v) is 19.3. The van der Waals surface area contributed by atoms with Crippen LogP contribution in [0, 0.1) is 17.3 Å². The van der Waals surface area contributed by atoms with E-state index >= 15 is 0 Å². The lowest BCUT2D eigenvalue weighted by Crippen LogP contribution is -2.49. The summed E-state index contributed by atoms with van der Waals surface area (Å²) in [5.41, 5.74) is 5.25. The third kappa shape index (κ3) is 4.20. The topological polar surface area (TPSA) is 108 Å². The van der Waals surface area contributed by atoms with E-state index in [1.807, 2.05) is 6.07 Å². The van der Waals surface area contributed by atoms with Crippen LogP contribution in [-0.2, 0) is 22.4 Å². The first-order valence-corrected chi connectivity index (χ1v) is 11.7. The van der Waals surface area contributed by atoms with Crippen LogP contribution < -0.4 is 16.2 Å². The van der Waals surface area contributed by atoms with Gasteiger partial charge >= 0.3 is 6.03 Å². The molecule has 0 radical (unpaired) electrons. The lowest BCUT2D eigenvalue weighted by molar-refractivity contribution is -0.135. The van der Waals surface area contributed by atoms with Crippen LogP contribution in [0.2, 0.25) is 0 Å². The van der Waals surface area contributed by atoms with Crippen molar-refractivity contribution in [3.63, 3.8) is 0 Å². The van der Waals surface area contributed by atoms with Gasteiger partial charge in [0.15, 0.2) is 0 Å². The number of imide groups is 1. The molecule has 0 unspecified atom stereocenters. The fourth-order valence-electron chi connectivity index (χ4n) is 4.54. The minimum absolute atomic E-state index is 0.124. The minimum Gasteiger partial charge on any atom is -0.323 e. The van der Waals surface area contributed by atoms with Crippen molar-refractivity contribution in [1.29, 1.82) is 0 Å². The standard InChI is InChI=1S/C22H30N4O4S/c1-21(2,3)14-7-8-15-12(9-14)10-16(31-15)18(28)25-24-17(27)11-26-19(29)22(4,13-5-6-13)23-20(26)30/h10,13-14H,5-9,11H2,1-4H3,(H,23,30)(H,24,27)(H,25,28)/t14-,22-/m1/s1. The largest absolute Gasteiger partial charge is 0.325 e. The molecular formula is C22H30N4O4S. The second-order valence-electron chi connectivity index (χ2n) is 10.2. The van der Waals surface area contributed by atoms with Gasteiger partial charge in [0, 0.05) is 4.88 Å². The first-order chi connectivity index (χ1) is 14.5. The molecule has 168 valence electrons. The number of amides is 5. The number of hydrogen-bond acceptors (Lipinski definition) is 5. The number of urea groups is 1. The summed E-state index contributed by atoms with van der Waals surface area (Å²) in [6.45, 7) is 8.01. The number of hydrazine groups is 1. The van der Waals surface area contributed by atoms with E-state index < -0.39 is 24.0 Å². The molecule has 8 nitrogen and oxygen atoms in total. The van der Waals surface area contributed by atoms with E-state index in [1.54, 1.807) is 6.92 Å². The summed E-state index contributed by atoms with van der Waals surface area (Å²) >= 11 is 1.46. The van der Waals surface area contributed by atoms with Gasteiger partial charge in [0.25, 0.3) is 17.7 Å². The highest BCUT2D eigenvalue weighted by Crippen LogP contribution is 2.42. The summed E-state index contributed by atoms with van der Waals surface area (Å²) in [4.78, 5) is 52.3. The molecule has 5 amide bonds. The number of nitrogens with one attached hydrogen (secondary N) is 3. The number of hydrogen-bond donors (Lipinski definition) is 3. The Hall–Kier alpha value is -2.42. The van der Waals surface area contributed by atoms with Crippen molar-refractivity contribution in [2.75, 3.05) is 6.54 Å². The molecular weight excluding hydrogens is 416 g/mol. The maximum absolute atomic E-state index is 12.6. The van der Waals surface area contributed by atoms with Gasteiger partial charge in [-0.05, 0) is 67.9 Å². The van der Waals surface area contributed by atoms with Crippen molar-refractivity contribution >= 4 is 35.1 Å². The molecule has 9 heteroatoms. The van der Waals surface area contributed by atoms with Crippen molar-refractivity contribution in [2.45, 2.75) is 65.3 Å². The summed E-state index contributed by atoms with van der Waals surface area (Å²) in [5, 5.41) is 2.70. The molecule has 3 N–H and O–H groups in total. The van der Waals surface area contributed by atoms with E-state index in [1.165, 1.54) is 21.8 Å². The number of rotatable bonds is 4. The molecule has 4 rings (SSSR count). The molecule has 0 spiro atoms. The molecule has 0 aromatic carbocycles. The molecule has 2 heterocycles. The van der Waals surface area contributed by atoms with Crippen LogP contribution in [-0.4, -0.2) is 40.7 Å². The number of carbonyl (C=O) groups excluding carboxylic acids is 4. The highest BCUT2D eigenvalue weighted by molar-refractivity contribution is 7.14. The Labute approximate surface area is 186 Å². The van der Waals surface area contributed by atoms with E-state index in [2.05, 4.69) is 36.9 Å². The minimum atomic E-state index is -0.929. The highest BCUT2D eigenvalue weighted by Gasteiger charge is 2.56. The summed E-state index contributed by atoms with van der Waals surface area (Å²) < 4.78 is 0. The van der Waals surface area contributed by atoms with Crippen molar-refractivity contribution in [2.24, 2.45) is 17.3 Å². The van der Waals surface area contributed by atoms with Crippen molar-refractivity contribution in [3.8, 4) is 0 Å². The number of aryl methyl sites for hydroxylation is 1. The van der Waals surface area contributed by atoms with Gasteiger partial charge in [-0.3, -0.25) is 30.1 Å². The molecule has 1 aromatic rings. The third-order valence-electron chi connectivity index (χ3n) is 6.84. The molecule has 3 aliphatic rings. The zero-order valence-electron chi connectivity index (χ0n) is 18.5. The average molecular weight is 447 g/mol. The lowest BCUT2D eigenvalue weighted by atomic mass is 9.72. The Bertz CT molecular complexity index is 946. The lowest BCUT2D eigenvalue weighted by Gasteiger charge is -2.33. The Balaban J connectivity index is 1.31. The maximum Gasteiger partial charge on any atom is 0.325 e. The SMILES string of the molecule is CC(C)(C)[C@@H]1CCc2sc(C(=O)NNC(=O)CN3C(=O)N[C@](C)(C4CC4)C3=O)cc2C1. The average Bonchev–Trinajstić information content (AvgIpc) is 3.43. The van der Waals surface area contributed by atoms with Gasteiger partial charge in [0.1, 0.15) is 12.1 Å². The molecule has 1 aliphatic heterocycles. The monoisotopic (exact) mass is 446 g/mol. The summed E-state index contributed by atoms with van der Waals surface area (Å²) in [5.74, 6) is -0.693. The second-order valence-corrected chi connectivity index (χ2v) is 11.3. The Morgan fingerprint density at radius 1 is 1.23 bits per heavy atom.